The average molecular weight is 186 g/mol. The molecule has 0 aromatic heterocycles. The van der Waals surface area contributed by atoms with Crippen molar-refractivity contribution in [1.29, 1.82) is 0 Å². The summed E-state index contributed by atoms with van der Waals surface area (Å²) in [5.41, 5.74) is 0. The summed E-state index contributed by atoms with van der Waals surface area (Å²) in [4.78, 5) is 8.00. The largest absolute Gasteiger partial charge is 0.444 e. The predicted octanol–water partition coefficient (Wildman–Crippen LogP) is 0.572. The van der Waals surface area contributed by atoms with Crippen molar-refractivity contribution in [3.05, 3.63) is 10.1 Å². The van der Waals surface area contributed by atoms with Crippen LogP contribution in [0.5, 0.6) is 0 Å². The molecule has 0 aliphatic heterocycles. The van der Waals surface area contributed by atoms with Crippen molar-refractivity contribution in [3.8, 4) is 0 Å². The minimum absolute atomic E-state index is 0. The van der Waals surface area contributed by atoms with E-state index in [1.807, 2.05) is 0 Å². The number of hydrogen-bond acceptors (Lipinski definition) is 5. The van der Waals surface area contributed by atoms with Gasteiger partial charge in [-0.05, 0) is 0 Å². The summed E-state index contributed by atoms with van der Waals surface area (Å²) in [5, 5.41) is 9.00. The molecule has 44 valence electrons. The third kappa shape index (κ3) is 114000. The first-order valence-corrected chi connectivity index (χ1v) is 0.365. The van der Waals surface area contributed by atoms with Crippen LogP contribution in [0, 0.1) is 10.1 Å². The summed E-state index contributed by atoms with van der Waals surface area (Å²) in [6.07, 6.45) is 0. The van der Waals surface area contributed by atoms with E-state index in [1.165, 1.54) is 0 Å². The molecule has 0 atom stereocenters. The van der Waals surface area contributed by atoms with E-state index in [4.69, 9.17) is 10.1 Å². The molecule has 0 aromatic rings. The van der Waals surface area contributed by atoms with E-state index in [-0.39, 0.29) is 32.7 Å². The molecule has 6 heteroatoms. The SMILES string of the molecule is N.N.O=N[O-].[Pd]. The summed E-state index contributed by atoms with van der Waals surface area (Å²) in [5.74, 6) is 0. The molecule has 0 aromatic carbocycles. The summed E-state index contributed by atoms with van der Waals surface area (Å²) >= 11 is 0. The van der Waals surface area contributed by atoms with Crippen LogP contribution in [0.15, 0.2) is 5.34 Å². The Hall–Kier alpha value is -0.0177. The van der Waals surface area contributed by atoms with Crippen molar-refractivity contribution in [3.63, 3.8) is 0 Å². The normalized spacial score (nSPS) is 2.00. The maximum absolute atomic E-state index is 8.00. The molecule has 0 aliphatic rings. The Morgan fingerprint density at radius 3 is 1.33 bits per heavy atom. The molecule has 0 bridgehead atoms. The molecule has 0 unspecified atom stereocenters. The summed E-state index contributed by atoms with van der Waals surface area (Å²) < 4.78 is 0. The van der Waals surface area contributed by atoms with Crippen LogP contribution in [-0.2, 0) is 20.4 Å². The molecule has 6 heavy (non-hydrogen) atoms. The smallest absolute Gasteiger partial charge is 0 e. The molecule has 0 heterocycles. The third-order valence-corrected chi connectivity index (χ3v) is 0. The first-order valence-electron chi connectivity index (χ1n) is 0.365. The molecule has 0 saturated carbocycles. The van der Waals surface area contributed by atoms with Crippen LogP contribution in [0.1, 0.15) is 0 Å². The fraction of sp³-hybridized carbons (Fsp3) is 0. The Morgan fingerprint density at radius 2 is 1.33 bits per heavy atom. The second kappa shape index (κ2) is 81.9. The first-order chi connectivity index (χ1) is 1.41. The Bertz CT molecular complexity index is 16.3. The summed E-state index contributed by atoms with van der Waals surface area (Å²) in [7, 11) is 0. The van der Waals surface area contributed by atoms with E-state index < -0.39 is 0 Å². The monoisotopic (exact) mass is 186 g/mol. The Labute approximate surface area is 48.9 Å². The van der Waals surface area contributed by atoms with Crippen molar-refractivity contribution >= 4 is 0 Å². The number of rotatable bonds is 0. The quantitative estimate of drug-likeness (QED) is 0.326. The summed E-state index contributed by atoms with van der Waals surface area (Å²) in [6, 6.07) is 0. The molecule has 0 spiro atoms. The Kier molecular flexibility index (Phi) is 516. The van der Waals surface area contributed by atoms with Crippen LogP contribution in [0.3, 0.4) is 0 Å². The van der Waals surface area contributed by atoms with Gasteiger partial charge in [0.2, 0.25) is 0 Å². The molecular formula is H6N3O2Pd-. The van der Waals surface area contributed by atoms with Gasteiger partial charge in [0.1, 0.15) is 0 Å². The average Bonchev–Trinajstić information content (AvgIpc) is 0.918. The van der Waals surface area contributed by atoms with Gasteiger partial charge in [0.05, 0.1) is 0 Å². The standard InChI is InChI=1S/HNO2.2H3N.Pd/c2-1-3;;;/h(H,2,3);2*1H3;/p-1. The van der Waals surface area contributed by atoms with Gasteiger partial charge in [0, 0.05) is 20.4 Å². The number of hydrogen-bond donors (Lipinski definition) is 2. The van der Waals surface area contributed by atoms with Gasteiger partial charge < -0.3 is 22.4 Å². The molecule has 0 radical (unpaired) electrons. The van der Waals surface area contributed by atoms with Gasteiger partial charge in [-0.3, -0.25) is 0 Å². The zero-order chi connectivity index (χ0) is 2.71. The molecule has 0 amide bonds. The van der Waals surface area contributed by atoms with Crippen molar-refractivity contribution in [2.45, 2.75) is 0 Å². The van der Waals surface area contributed by atoms with Gasteiger partial charge >= 0.3 is 0 Å². The van der Waals surface area contributed by atoms with Gasteiger partial charge in [-0.15, -0.1) is 5.34 Å². The van der Waals surface area contributed by atoms with Crippen LogP contribution in [0.4, 0.5) is 0 Å². The second-order valence-electron chi connectivity index (χ2n) is 0.0745. The van der Waals surface area contributed by atoms with Crippen molar-refractivity contribution in [2.24, 2.45) is 5.34 Å². The summed E-state index contributed by atoms with van der Waals surface area (Å²) in [6.45, 7) is 0. The molecule has 0 saturated heterocycles. The third-order valence-electron chi connectivity index (χ3n) is 0. The predicted molar refractivity (Wildman–Crippen MR) is 19.2 cm³/mol. The first kappa shape index (κ1) is 37.8. The van der Waals surface area contributed by atoms with Gasteiger partial charge in [0.25, 0.3) is 0 Å². The zero-order valence-corrected chi connectivity index (χ0v) is 4.55. The minimum atomic E-state index is 0. The van der Waals surface area contributed by atoms with E-state index in [9.17, 15) is 0 Å². The van der Waals surface area contributed by atoms with E-state index in [2.05, 4.69) is 0 Å². The van der Waals surface area contributed by atoms with Crippen LogP contribution in [-0.4, -0.2) is 0 Å². The maximum atomic E-state index is 8.00. The fourth-order valence-corrected chi connectivity index (χ4v) is 0. The maximum Gasteiger partial charge on any atom is 0 e. The van der Waals surface area contributed by atoms with Gasteiger partial charge in [0.15, 0.2) is 0 Å². The molecule has 6 N–H and O–H groups in total. The van der Waals surface area contributed by atoms with Crippen molar-refractivity contribution in [2.75, 3.05) is 0 Å². The van der Waals surface area contributed by atoms with E-state index in [1.54, 1.807) is 0 Å². The van der Waals surface area contributed by atoms with Crippen LogP contribution < -0.4 is 12.3 Å². The molecule has 0 rings (SSSR count). The fourth-order valence-electron chi connectivity index (χ4n) is 0. The van der Waals surface area contributed by atoms with Crippen LogP contribution in [0.2, 0.25) is 0 Å². The van der Waals surface area contributed by atoms with Crippen LogP contribution in [0.25, 0.3) is 0 Å². The van der Waals surface area contributed by atoms with E-state index in [0.717, 1.165) is 5.34 Å². The van der Waals surface area contributed by atoms with Gasteiger partial charge in [-0.1, -0.05) is 0 Å². The number of nitrogens with zero attached hydrogens (tertiary/aromatic N) is 1. The van der Waals surface area contributed by atoms with Gasteiger partial charge in [-0.2, -0.15) is 0 Å². The Morgan fingerprint density at radius 1 is 1.33 bits per heavy atom. The van der Waals surface area contributed by atoms with E-state index >= 15 is 0 Å². The second-order valence-corrected chi connectivity index (χ2v) is 0.0745. The topological polar surface area (TPSA) is 122 Å². The zero-order valence-electron chi connectivity index (χ0n) is 2.99. The molecule has 0 fully saturated rings. The minimum Gasteiger partial charge on any atom is -0.444 e. The van der Waals surface area contributed by atoms with E-state index in [0.29, 0.717) is 0 Å². The Balaban J connectivity index is -0.00000000667. The van der Waals surface area contributed by atoms with Crippen molar-refractivity contribution < 1.29 is 20.4 Å². The van der Waals surface area contributed by atoms with Gasteiger partial charge in [-0.25, -0.2) is 0 Å². The molecular weight excluding hydrogens is 180 g/mol. The molecule has 5 nitrogen and oxygen atoms in total. The van der Waals surface area contributed by atoms with Crippen molar-refractivity contribution in [1.82, 2.24) is 12.3 Å². The molecule has 0 aliphatic carbocycles. The van der Waals surface area contributed by atoms with Crippen LogP contribution >= 0.6 is 0 Å².